The minimum absolute atomic E-state index is 0.232. The number of aliphatic hydroxyl groups is 1. The van der Waals surface area contributed by atoms with Gasteiger partial charge in [0, 0.05) is 6.61 Å². The lowest BCUT2D eigenvalue weighted by molar-refractivity contribution is 0.299. The topological polar surface area (TPSA) is 20.2 Å². The van der Waals surface area contributed by atoms with Gasteiger partial charge in [-0.2, -0.15) is 0 Å². The monoisotopic (exact) mass is 308 g/mol. The van der Waals surface area contributed by atoms with E-state index in [4.69, 9.17) is 5.11 Å². The van der Waals surface area contributed by atoms with Crippen LogP contribution in [0.2, 0.25) is 0 Å². The molecule has 18 heavy (non-hydrogen) atoms. The molecule has 0 amide bonds. The Balaban J connectivity index is 2.22. The molecule has 1 aliphatic carbocycles. The van der Waals surface area contributed by atoms with Crippen LogP contribution in [0.5, 0.6) is 0 Å². The number of benzene rings is 1. The molecule has 98 valence electrons. The van der Waals surface area contributed by atoms with Crippen LogP contribution in [0, 0.1) is 5.92 Å². The van der Waals surface area contributed by atoms with Crippen LogP contribution in [0.25, 0.3) is 0 Å². The van der Waals surface area contributed by atoms with Crippen molar-refractivity contribution in [2.75, 3.05) is 6.61 Å². The molecule has 2 rings (SSSR count). The largest absolute Gasteiger partial charge is 0.396 e. The molecule has 1 saturated carbocycles. The van der Waals surface area contributed by atoms with E-state index >= 15 is 0 Å². The van der Waals surface area contributed by atoms with E-state index in [1.807, 2.05) is 0 Å². The van der Waals surface area contributed by atoms with Crippen LogP contribution in [0.4, 0.5) is 0 Å². The van der Waals surface area contributed by atoms with Crippen LogP contribution in [0.1, 0.15) is 43.2 Å². The summed E-state index contributed by atoms with van der Waals surface area (Å²) in [5.74, 6) is 1.24. The highest BCUT2D eigenvalue weighted by atomic mass is 79.9. The minimum atomic E-state index is 0.232. The van der Waals surface area contributed by atoms with Crippen molar-refractivity contribution < 1.29 is 5.11 Å². The van der Waals surface area contributed by atoms with Crippen LogP contribution in [-0.4, -0.2) is 11.7 Å². The van der Waals surface area contributed by atoms with E-state index in [-0.39, 0.29) is 6.61 Å². The molecule has 1 aromatic rings. The second-order valence-corrected chi connectivity index (χ2v) is 5.65. The Kier molecular flexibility index (Phi) is 5.02. The molecule has 1 aromatic carbocycles. The van der Waals surface area contributed by atoms with Gasteiger partial charge in [-0.15, -0.1) is 0 Å². The van der Waals surface area contributed by atoms with Gasteiger partial charge in [0.2, 0.25) is 0 Å². The molecule has 0 aliphatic heterocycles. The van der Waals surface area contributed by atoms with Crippen molar-refractivity contribution in [2.24, 2.45) is 5.92 Å². The lowest BCUT2D eigenvalue weighted by atomic mass is 9.74. The molecule has 0 radical (unpaired) electrons. The van der Waals surface area contributed by atoms with Gasteiger partial charge in [0.1, 0.15) is 0 Å². The first-order chi connectivity index (χ1) is 8.76. The fourth-order valence-corrected chi connectivity index (χ4v) is 3.63. The van der Waals surface area contributed by atoms with Crippen molar-refractivity contribution in [1.29, 1.82) is 0 Å². The summed E-state index contributed by atoms with van der Waals surface area (Å²) >= 11 is 3.50. The Morgan fingerprint density at radius 1 is 1.44 bits per heavy atom. The molecule has 1 N–H and O–H groups in total. The third-order valence-corrected chi connectivity index (χ3v) is 4.68. The molecule has 0 saturated heterocycles. The fourth-order valence-electron chi connectivity index (χ4n) is 2.98. The van der Waals surface area contributed by atoms with Crippen molar-refractivity contribution in [3.63, 3.8) is 0 Å². The highest BCUT2D eigenvalue weighted by Gasteiger charge is 2.26. The number of allylic oxidation sites excluding steroid dienone is 1. The normalized spacial score (nSPS) is 26.5. The van der Waals surface area contributed by atoms with E-state index in [2.05, 4.69) is 52.1 Å². The van der Waals surface area contributed by atoms with E-state index in [1.54, 1.807) is 0 Å². The van der Waals surface area contributed by atoms with Gasteiger partial charge >= 0.3 is 0 Å². The fraction of sp³-hybridized carbons (Fsp3) is 0.500. The van der Waals surface area contributed by atoms with E-state index in [1.165, 1.54) is 36.0 Å². The standard InChI is InChI=1S/C16H21BrO/c1-12-15(11-17)6-3-7-16(12)14-5-2-4-13(10-14)8-9-18/h2,4-5,10-12,16,18H,3,6-9H2,1H3/b15-11+/t12-,16-/m0/s1. The minimum Gasteiger partial charge on any atom is -0.396 e. The van der Waals surface area contributed by atoms with E-state index in [0.29, 0.717) is 11.8 Å². The molecule has 0 unspecified atom stereocenters. The van der Waals surface area contributed by atoms with Gasteiger partial charge in [-0.1, -0.05) is 52.7 Å². The predicted octanol–water partition coefficient (Wildman–Crippen LogP) is 4.40. The Bertz CT molecular complexity index is 425. The van der Waals surface area contributed by atoms with Crippen LogP contribution in [0.15, 0.2) is 34.8 Å². The molecule has 2 heteroatoms. The van der Waals surface area contributed by atoms with Gasteiger partial charge in [-0.05, 0) is 53.6 Å². The van der Waals surface area contributed by atoms with Gasteiger partial charge < -0.3 is 5.11 Å². The molecular weight excluding hydrogens is 288 g/mol. The summed E-state index contributed by atoms with van der Waals surface area (Å²) < 4.78 is 0. The maximum absolute atomic E-state index is 9.04. The molecule has 2 atom stereocenters. The lowest BCUT2D eigenvalue weighted by Crippen LogP contribution is -2.17. The smallest absolute Gasteiger partial charge is 0.0471 e. The molecule has 0 bridgehead atoms. The summed E-state index contributed by atoms with van der Waals surface area (Å²) in [6.07, 6.45) is 4.53. The second kappa shape index (κ2) is 6.53. The van der Waals surface area contributed by atoms with Gasteiger partial charge in [-0.25, -0.2) is 0 Å². The van der Waals surface area contributed by atoms with Crippen LogP contribution < -0.4 is 0 Å². The molecule has 1 aliphatic rings. The first-order valence-electron chi connectivity index (χ1n) is 6.75. The number of halogens is 1. The summed E-state index contributed by atoms with van der Waals surface area (Å²) in [5.41, 5.74) is 4.20. The Labute approximate surface area is 118 Å². The number of hydrogen-bond acceptors (Lipinski definition) is 1. The zero-order valence-corrected chi connectivity index (χ0v) is 12.5. The molecule has 1 fully saturated rings. The maximum atomic E-state index is 9.04. The summed E-state index contributed by atoms with van der Waals surface area (Å²) in [6.45, 7) is 2.56. The first-order valence-corrected chi connectivity index (χ1v) is 7.66. The van der Waals surface area contributed by atoms with Crippen molar-refractivity contribution in [2.45, 2.75) is 38.5 Å². The van der Waals surface area contributed by atoms with Crippen molar-refractivity contribution in [3.8, 4) is 0 Å². The Morgan fingerprint density at radius 3 is 3.00 bits per heavy atom. The summed E-state index contributed by atoms with van der Waals surface area (Å²) in [7, 11) is 0. The highest BCUT2D eigenvalue weighted by molar-refractivity contribution is 9.11. The summed E-state index contributed by atoms with van der Waals surface area (Å²) in [6, 6.07) is 8.74. The highest BCUT2D eigenvalue weighted by Crippen LogP contribution is 2.41. The summed E-state index contributed by atoms with van der Waals surface area (Å²) in [5, 5.41) is 9.04. The van der Waals surface area contributed by atoms with Crippen LogP contribution in [-0.2, 0) is 6.42 Å². The van der Waals surface area contributed by atoms with Crippen LogP contribution in [0.3, 0.4) is 0 Å². The quantitative estimate of drug-likeness (QED) is 0.877. The average molecular weight is 309 g/mol. The molecular formula is C16H21BrO. The van der Waals surface area contributed by atoms with Gasteiger partial charge in [-0.3, -0.25) is 0 Å². The third kappa shape index (κ3) is 3.04. The maximum Gasteiger partial charge on any atom is 0.0471 e. The van der Waals surface area contributed by atoms with Gasteiger partial charge in [0.05, 0.1) is 0 Å². The lowest BCUT2D eigenvalue weighted by Gasteiger charge is -2.31. The SMILES string of the molecule is C[C@H]1/C(=C/Br)CCC[C@@H]1c1cccc(CCO)c1. The van der Waals surface area contributed by atoms with Crippen molar-refractivity contribution >= 4 is 15.9 Å². The molecule has 0 aromatic heterocycles. The van der Waals surface area contributed by atoms with Gasteiger partial charge in [0.15, 0.2) is 0 Å². The van der Waals surface area contributed by atoms with E-state index in [9.17, 15) is 0 Å². The first kappa shape index (κ1) is 13.8. The molecule has 0 spiro atoms. The van der Waals surface area contributed by atoms with E-state index < -0.39 is 0 Å². The zero-order chi connectivity index (χ0) is 13.0. The zero-order valence-electron chi connectivity index (χ0n) is 10.9. The average Bonchev–Trinajstić information content (AvgIpc) is 2.40. The molecule has 1 nitrogen and oxygen atoms in total. The van der Waals surface area contributed by atoms with E-state index in [0.717, 1.165) is 6.42 Å². The Morgan fingerprint density at radius 2 is 2.28 bits per heavy atom. The summed E-state index contributed by atoms with van der Waals surface area (Å²) in [4.78, 5) is 2.11. The number of aliphatic hydroxyl groups excluding tert-OH is 1. The third-order valence-electron chi connectivity index (χ3n) is 4.09. The van der Waals surface area contributed by atoms with Crippen molar-refractivity contribution in [3.05, 3.63) is 46.0 Å². The Hall–Kier alpha value is -0.600. The number of hydrogen-bond donors (Lipinski definition) is 1. The second-order valence-electron chi connectivity index (χ2n) is 5.19. The molecule has 0 heterocycles. The van der Waals surface area contributed by atoms with Gasteiger partial charge in [0.25, 0.3) is 0 Å². The number of rotatable bonds is 3. The van der Waals surface area contributed by atoms with Crippen LogP contribution >= 0.6 is 15.9 Å². The predicted molar refractivity (Wildman–Crippen MR) is 80.0 cm³/mol. The van der Waals surface area contributed by atoms with Crippen molar-refractivity contribution in [1.82, 2.24) is 0 Å².